The van der Waals surface area contributed by atoms with Gasteiger partial charge in [-0.25, -0.2) is 5.90 Å². The van der Waals surface area contributed by atoms with Gasteiger partial charge in [-0.3, -0.25) is 0 Å². The molecule has 0 unspecified atom stereocenters. The molecule has 0 heterocycles. The first-order chi connectivity index (χ1) is 17.1. The van der Waals surface area contributed by atoms with Crippen molar-refractivity contribution in [2.45, 2.75) is 13.3 Å². The Bertz CT molecular complexity index is 1030. The zero-order valence-electron chi connectivity index (χ0n) is 20.7. The molecule has 0 saturated heterocycles. The van der Waals surface area contributed by atoms with Crippen molar-refractivity contribution in [2.24, 2.45) is 5.90 Å². The van der Waals surface area contributed by atoms with Crippen molar-refractivity contribution >= 4 is 11.1 Å². The molecule has 0 aromatic heterocycles. The van der Waals surface area contributed by atoms with Crippen molar-refractivity contribution in [2.75, 3.05) is 46.6 Å². The van der Waals surface area contributed by atoms with E-state index in [2.05, 4.69) is 53.1 Å². The van der Waals surface area contributed by atoms with Crippen molar-refractivity contribution in [3.8, 4) is 11.5 Å². The lowest BCUT2D eigenvalue weighted by molar-refractivity contribution is 0.0399. The average Bonchev–Trinajstić information content (AvgIpc) is 2.89. The number of nitrogens with zero attached hydrogens (tertiary/aromatic N) is 1. The number of allylic oxidation sites excluding steroid dienone is 1. The summed E-state index contributed by atoms with van der Waals surface area (Å²) in [5, 5.41) is 9.81. The highest BCUT2D eigenvalue weighted by atomic mass is 16.6. The fourth-order valence-electron chi connectivity index (χ4n) is 3.89. The van der Waals surface area contributed by atoms with Crippen LogP contribution in [0.1, 0.15) is 30.0 Å². The molecule has 6 heteroatoms. The van der Waals surface area contributed by atoms with Crippen LogP contribution >= 0.6 is 0 Å². The van der Waals surface area contributed by atoms with Crippen molar-refractivity contribution in [3.63, 3.8) is 0 Å². The second kappa shape index (κ2) is 14.3. The van der Waals surface area contributed by atoms with Gasteiger partial charge in [0.15, 0.2) is 0 Å². The van der Waals surface area contributed by atoms with E-state index in [4.69, 9.17) is 15.4 Å². The fraction of sp³-hybridized carbons (Fsp3) is 0.310. The third-order valence-corrected chi connectivity index (χ3v) is 5.78. The van der Waals surface area contributed by atoms with Crippen LogP contribution in [0.15, 0.2) is 78.9 Å². The molecule has 0 amide bonds. The Kier molecular flexibility index (Phi) is 10.8. The molecule has 0 aliphatic heterocycles. The van der Waals surface area contributed by atoms with E-state index in [0.717, 1.165) is 42.0 Å². The van der Waals surface area contributed by atoms with Gasteiger partial charge in [0, 0.05) is 13.1 Å². The molecule has 35 heavy (non-hydrogen) atoms. The van der Waals surface area contributed by atoms with Crippen molar-refractivity contribution < 1.29 is 19.4 Å². The largest absolute Gasteiger partial charge is 0.508 e. The van der Waals surface area contributed by atoms with Gasteiger partial charge in [0.05, 0.1) is 19.8 Å². The van der Waals surface area contributed by atoms with E-state index in [1.165, 1.54) is 11.1 Å². The van der Waals surface area contributed by atoms with E-state index in [-0.39, 0.29) is 5.75 Å². The molecule has 0 aliphatic carbocycles. The molecule has 0 radical (unpaired) electrons. The van der Waals surface area contributed by atoms with E-state index in [1.807, 2.05) is 37.4 Å². The predicted octanol–water partition coefficient (Wildman–Crippen LogP) is 4.98. The van der Waals surface area contributed by atoms with Crippen LogP contribution in [0.3, 0.4) is 0 Å². The molecule has 0 bridgehead atoms. The lowest BCUT2D eigenvalue weighted by atomic mass is 9.88. The Morgan fingerprint density at radius 2 is 1.40 bits per heavy atom. The molecular formula is C29H36N2O4. The number of phenolic OH excluding ortho intramolecular Hbond substituents is 1. The van der Waals surface area contributed by atoms with Crippen LogP contribution < -0.4 is 10.6 Å². The summed E-state index contributed by atoms with van der Waals surface area (Å²) in [7, 11) is 2.04. The minimum absolute atomic E-state index is 0.260. The molecule has 0 spiro atoms. The second-order valence-corrected chi connectivity index (χ2v) is 8.28. The number of hydrogen-bond acceptors (Lipinski definition) is 6. The highest BCUT2D eigenvalue weighted by Crippen LogP contribution is 2.35. The van der Waals surface area contributed by atoms with Crippen LogP contribution in [-0.4, -0.2) is 56.6 Å². The van der Waals surface area contributed by atoms with Gasteiger partial charge < -0.3 is 24.3 Å². The van der Waals surface area contributed by atoms with E-state index >= 15 is 0 Å². The molecule has 3 aromatic carbocycles. The summed E-state index contributed by atoms with van der Waals surface area (Å²) in [4.78, 5) is 6.65. The third-order valence-electron chi connectivity index (χ3n) is 5.78. The van der Waals surface area contributed by atoms with Gasteiger partial charge in [0.2, 0.25) is 0 Å². The van der Waals surface area contributed by atoms with Crippen molar-refractivity contribution in [1.82, 2.24) is 4.90 Å². The Labute approximate surface area is 208 Å². The zero-order chi connectivity index (χ0) is 24.9. The number of likely N-dealkylation sites (N-methyl/N-ethyl adjacent to an activating group) is 1. The van der Waals surface area contributed by atoms with E-state index in [1.54, 1.807) is 12.1 Å². The zero-order valence-corrected chi connectivity index (χ0v) is 20.7. The summed E-state index contributed by atoms with van der Waals surface area (Å²) in [6.45, 7) is 5.90. The summed E-state index contributed by atoms with van der Waals surface area (Å²) in [6, 6.07) is 26.1. The SMILES string of the molecule is CCC(=C(c1ccc(O)cc1)c1ccc(OCCN(C)CCOCCON)cc1)c1ccccc1. The average molecular weight is 477 g/mol. The lowest BCUT2D eigenvalue weighted by Crippen LogP contribution is -2.28. The summed E-state index contributed by atoms with van der Waals surface area (Å²) in [5.74, 6) is 6.08. The first kappa shape index (κ1) is 26.4. The fourth-order valence-corrected chi connectivity index (χ4v) is 3.89. The monoisotopic (exact) mass is 476 g/mol. The van der Waals surface area contributed by atoms with Crippen LogP contribution in [0, 0.1) is 0 Å². The van der Waals surface area contributed by atoms with Gasteiger partial charge in [-0.15, -0.1) is 0 Å². The standard InChI is InChI=1S/C29H36N2O4/c1-3-28(23-7-5-4-6-8-23)29(24-9-13-26(32)14-10-24)25-11-15-27(16-12-25)34-20-18-31(2)17-19-33-21-22-35-30/h4-16,32H,3,17-22,30H2,1-2H3. The van der Waals surface area contributed by atoms with Gasteiger partial charge in [-0.05, 0) is 65.6 Å². The van der Waals surface area contributed by atoms with E-state index in [9.17, 15) is 5.11 Å². The van der Waals surface area contributed by atoms with Gasteiger partial charge in [-0.2, -0.15) is 0 Å². The molecule has 0 aliphatic rings. The summed E-state index contributed by atoms with van der Waals surface area (Å²) >= 11 is 0. The Balaban J connectivity index is 1.70. The van der Waals surface area contributed by atoms with Gasteiger partial charge in [0.25, 0.3) is 0 Å². The minimum Gasteiger partial charge on any atom is -0.508 e. The van der Waals surface area contributed by atoms with Crippen molar-refractivity contribution in [1.29, 1.82) is 0 Å². The molecule has 0 atom stereocenters. The van der Waals surface area contributed by atoms with Crippen LogP contribution in [0.5, 0.6) is 11.5 Å². The highest BCUT2D eigenvalue weighted by Gasteiger charge is 2.13. The van der Waals surface area contributed by atoms with Crippen LogP contribution in [0.25, 0.3) is 11.1 Å². The maximum atomic E-state index is 9.81. The van der Waals surface area contributed by atoms with Gasteiger partial charge in [-0.1, -0.05) is 61.5 Å². The van der Waals surface area contributed by atoms with Crippen LogP contribution in [0.2, 0.25) is 0 Å². The van der Waals surface area contributed by atoms with Crippen molar-refractivity contribution in [3.05, 3.63) is 95.6 Å². The molecule has 3 rings (SSSR count). The number of nitrogens with two attached hydrogens (primary N) is 1. The number of benzene rings is 3. The number of aromatic hydroxyl groups is 1. The first-order valence-corrected chi connectivity index (χ1v) is 12.0. The first-order valence-electron chi connectivity index (χ1n) is 12.0. The maximum absolute atomic E-state index is 9.81. The normalized spacial score (nSPS) is 12.0. The molecule has 186 valence electrons. The smallest absolute Gasteiger partial charge is 0.119 e. The highest BCUT2D eigenvalue weighted by molar-refractivity contribution is 5.98. The van der Waals surface area contributed by atoms with Gasteiger partial charge >= 0.3 is 0 Å². The summed E-state index contributed by atoms with van der Waals surface area (Å²) in [6.07, 6.45) is 0.883. The van der Waals surface area contributed by atoms with E-state index in [0.29, 0.717) is 26.4 Å². The lowest BCUT2D eigenvalue weighted by Gasteiger charge is -2.18. The number of ether oxygens (including phenoxy) is 2. The molecule has 3 N–H and O–H groups in total. The number of hydrogen-bond donors (Lipinski definition) is 2. The minimum atomic E-state index is 0.260. The Morgan fingerprint density at radius 1 is 0.771 bits per heavy atom. The van der Waals surface area contributed by atoms with Crippen LogP contribution in [0.4, 0.5) is 0 Å². The molecule has 0 fully saturated rings. The summed E-state index contributed by atoms with van der Waals surface area (Å²) < 4.78 is 11.4. The quantitative estimate of drug-likeness (QED) is 0.194. The molecule has 3 aromatic rings. The topological polar surface area (TPSA) is 77.2 Å². The third kappa shape index (κ3) is 8.23. The Hall–Kier alpha value is -3.16. The van der Waals surface area contributed by atoms with Gasteiger partial charge in [0.1, 0.15) is 18.1 Å². The molecular weight excluding hydrogens is 440 g/mol. The van der Waals surface area contributed by atoms with E-state index < -0.39 is 0 Å². The Morgan fingerprint density at radius 3 is 2.03 bits per heavy atom. The number of phenols is 1. The second-order valence-electron chi connectivity index (χ2n) is 8.28. The molecule has 6 nitrogen and oxygen atoms in total. The molecule has 0 saturated carbocycles. The summed E-state index contributed by atoms with van der Waals surface area (Å²) in [5.41, 5.74) is 5.79. The number of rotatable bonds is 14. The van der Waals surface area contributed by atoms with Crippen LogP contribution in [-0.2, 0) is 9.57 Å². The predicted molar refractivity (Wildman–Crippen MR) is 141 cm³/mol. The maximum Gasteiger partial charge on any atom is 0.119 e.